The largest absolute Gasteiger partial charge is 0.383 e. The van der Waals surface area contributed by atoms with Crippen molar-refractivity contribution in [1.29, 1.82) is 0 Å². The number of hydrogen-bond acceptors (Lipinski definition) is 3. The van der Waals surface area contributed by atoms with Crippen LogP contribution in [0, 0.1) is 0 Å². The highest BCUT2D eigenvalue weighted by Crippen LogP contribution is 2.01. The fraction of sp³-hybridized carbons (Fsp3) is 0.889. The van der Waals surface area contributed by atoms with Crippen LogP contribution >= 0.6 is 0 Å². The van der Waals surface area contributed by atoms with Gasteiger partial charge in [-0.25, -0.2) is 0 Å². The summed E-state index contributed by atoms with van der Waals surface area (Å²) in [6, 6.07) is -0.340. The Bertz CT molecular complexity index is 160. The number of carbonyl (C=O) groups excluding carboxylic acids is 1. The summed E-state index contributed by atoms with van der Waals surface area (Å²) in [7, 11) is 1.63. The molecule has 13 heavy (non-hydrogen) atoms. The molecule has 0 aromatic carbocycles. The Morgan fingerprint density at radius 3 is 2.38 bits per heavy atom. The summed E-state index contributed by atoms with van der Waals surface area (Å²) >= 11 is 0. The third-order valence-corrected chi connectivity index (χ3v) is 1.95. The fourth-order valence-electron chi connectivity index (χ4n) is 1.28. The van der Waals surface area contributed by atoms with E-state index in [0.717, 1.165) is 0 Å². The van der Waals surface area contributed by atoms with Gasteiger partial charge in [0.15, 0.2) is 0 Å². The van der Waals surface area contributed by atoms with Gasteiger partial charge in [0.05, 0.1) is 18.7 Å². The molecule has 0 fully saturated rings. The van der Waals surface area contributed by atoms with Gasteiger partial charge in [-0.05, 0) is 20.8 Å². The summed E-state index contributed by atoms with van der Waals surface area (Å²) in [6.07, 6.45) is 0. The molecule has 0 bridgehead atoms. The Labute approximate surface area is 80.0 Å². The van der Waals surface area contributed by atoms with Crippen molar-refractivity contribution in [3.8, 4) is 0 Å². The van der Waals surface area contributed by atoms with Crippen LogP contribution in [-0.4, -0.2) is 43.2 Å². The third-order valence-electron chi connectivity index (χ3n) is 1.95. The molecule has 0 saturated heterocycles. The summed E-state index contributed by atoms with van der Waals surface area (Å²) in [4.78, 5) is 13.3. The van der Waals surface area contributed by atoms with Crippen molar-refractivity contribution in [3.05, 3.63) is 0 Å². The smallest absolute Gasteiger partial charge is 0.239 e. The summed E-state index contributed by atoms with van der Waals surface area (Å²) in [5.41, 5.74) is 5.51. The molecule has 0 aliphatic rings. The highest BCUT2D eigenvalue weighted by atomic mass is 16.5. The molecule has 0 heterocycles. The number of carbonyl (C=O) groups is 1. The molecule has 0 aromatic rings. The highest BCUT2D eigenvalue weighted by Gasteiger charge is 2.20. The first-order valence-electron chi connectivity index (χ1n) is 4.59. The minimum absolute atomic E-state index is 0.0212. The molecule has 0 aliphatic carbocycles. The molecule has 0 spiro atoms. The average molecular weight is 188 g/mol. The number of hydrogen-bond donors (Lipinski definition) is 1. The van der Waals surface area contributed by atoms with Crippen molar-refractivity contribution in [1.82, 2.24) is 4.90 Å². The van der Waals surface area contributed by atoms with Crippen LogP contribution in [0.2, 0.25) is 0 Å². The standard InChI is InChI=1S/C9H20N2O2/c1-5-11(7(2)6-13-4)9(12)8(3)10/h7-8H,5-6,10H2,1-4H3. The van der Waals surface area contributed by atoms with E-state index in [0.29, 0.717) is 13.2 Å². The zero-order valence-electron chi connectivity index (χ0n) is 8.91. The molecular weight excluding hydrogens is 168 g/mol. The number of nitrogens with two attached hydrogens (primary N) is 1. The first-order valence-corrected chi connectivity index (χ1v) is 4.59. The molecule has 2 N–H and O–H groups in total. The number of rotatable bonds is 5. The van der Waals surface area contributed by atoms with Gasteiger partial charge in [0.25, 0.3) is 0 Å². The predicted molar refractivity (Wildman–Crippen MR) is 52.4 cm³/mol. The quantitative estimate of drug-likeness (QED) is 0.671. The van der Waals surface area contributed by atoms with Gasteiger partial charge in [-0.3, -0.25) is 4.79 Å². The van der Waals surface area contributed by atoms with Crippen molar-refractivity contribution < 1.29 is 9.53 Å². The Balaban J connectivity index is 4.23. The SMILES string of the molecule is CCN(C(=O)C(C)N)C(C)COC. The van der Waals surface area contributed by atoms with Gasteiger partial charge in [0.1, 0.15) is 0 Å². The second-order valence-electron chi connectivity index (χ2n) is 3.22. The van der Waals surface area contributed by atoms with E-state index >= 15 is 0 Å². The minimum Gasteiger partial charge on any atom is -0.383 e. The molecule has 2 atom stereocenters. The van der Waals surface area contributed by atoms with Crippen LogP contribution in [0.4, 0.5) is 0 Å². The van der Waals surface area contributed by atoms with Gasteiger partial charge >= 0.3 is 0 Å². The van der Waals surface area contributed by atoms with Crippen molar-refractivity contribution in [3.63, 3.8) is 0 Å². The monoisotopic (exact) mass is 188 g/mol. The molecule has 78 valence electrons. The van der Waals surface area contributed by atoms with E-state index in [4.69, 9.17) is 10.5 Å². The van der Waals surface area contributed by atoms with Crippen molar-refractivity contribution in [2.75, 3.05) is 20.3 Å². The highest BCUT2D eigenvalue weighted by molar-refractivity contribution is 5.81. The minimum atomic E-state index is -0.431. The van der Waals surface area contributed by atoms with E-state index in [1.165, 1.54) is 0 Å². The van der Waals surface area contributed by atoms with Gasteiger partial charge < -0.3 is 15.4 Å². The maximum Gasteiger partial charge on any atom is 0.239 e. The maximum atomic E-state index is 11.5. The van der Waals surface area contributed by atoms with Crippen LogP contribution in [0.25, 0.3) is 0 Å². The Morgan fingerprint density at radius 2 is 2.08 bits per heavy atom. The van der Waals surface area contributed by atoms with Crippen LogP contribution in [0.5, 0.6) is 0 Å². The zero-order chi connectivity index (χ0) is 10.4. The summed E-state index contributed by atoms with van der Waals surface area (Å²) < 4.78 is 4.98. The van der Waals surface area contributed by atoms with E-state index in [9.17, 15) is 4.79 Å². The van der Waals surface area contributed by atoms with E-state index < -0.39 is 6.04 Å². The lowest BCUT2D eigenvalue weighted by atomic mass is 10.2. The van der Waals surface area contributed by atoms with Gasteiger partial charge in [0.2, 0.25) is 5.91 Å². The Hall–Kier alpha value is -0.610. The molecular formula is C9H20N2O2. The average Bonchev–Trinajstić information content (AvgIpc) is 2.05. The van der Waals surface area contributed by atoms with Crippen LogP contribution in [0.15, 0.2) is 0 Å². The zero-order valence-corrected chi connectivity index (χ0v) is 8.91. The van der Waals surface area contributed by atoms with Gasteiger partial charge in [0, 0.05) is 13.7 Å². The fourth-order valence-corrected chi connectivity index (χ4v) is 1.28. The van der Waals surface area contributed by atoms with E-state index in [1.54, 1.807) is 18.9 Å². The van der Waals surface area contributed by atoms with Crippen LogP contribution in [0.1, 0.15) is 20.8 Å². The van der Waals surface area contributed by atoms with Gasteiger partial charge in [-0.1, -0.05) is 0 Å². The van der Waals surface area contributed by atoms with Crippen molar-refractivity contribution in [2.45, 2.75) is 32.9 Å². The van der Waals surface area contributed by atoms with Crippen molar-refractivity contribution >= 4 is 5.91 Å². The number of methoxy groups -OCH3 is 1. The molecule has 2 unspecified atom stereocenters. The molecule has 1 amide bonds. The van der Waals surface area contributed by atoms with Crippen LogP contribution in [0.3, 0.4) is 0 Å². The van der Waals surface area contributed by atoms with Crippen LogP contribution in [-0.2, 0) is 9.53 Å². The number of amides is 1. The van der Waals surface area contributed by atoms with Crippen LogP contribution < -0.4 is 5.73 Å². The van der Waals surface area contributed by atoms with Gasteiger partial charge in [-0.2, -0.15) is 0 Å². The topological polar surface area (TPSA) is 55.6 Å². The second kappa shape index (κ2) is 5.94. The summed E-state index contributed by atoms with van der Waals surface area (Å²) in [5, 5.41) is 0. The molecule has 0 rings (SSSR count). The molecule has 4 nitrogen and oxygen atoms in total. The van der Waals surface area contributed by atoms with E-state index in [1.807, 2.05) is 13.8 Å². The lowest BCUT2D eigenvalue weighted by molar-refractivity contribution is -0.135. The molecule has 4 heteroatoms. The molecule has 0 aromatic heterocycles. The summed E-state index contributed by atoms with van der Waals surface area (Å²) in [6.45, 7) is 6.81. The van der Waals surface area contributed by atoms with Gasteiger partial charge in [-0.15, -0.1) is 0 Å². The predicted octanol–water partition coefficient (Wildman–Crippen LogP) is 0.217. The Morgan fingerprint density at radius 1 is 1.54 bits per heavy atom. The lowest BCUT2D eigenvalue weighted by Gasteiger charge is -2.28. The number of likely N-dealkylation sites (N-methyl/N-ethyl adjacent to an activating group) is 1. The molecule has 0 saturated carbocycles. The lowest BCUT2D eigenvalue weighted by Crippen LogP contribution is -2.47. The molecule has 0 aliphatic heterocycles. The number of nitrogens with zero attached hydrogens (tertiary/aromatic N) is 1. The first-order chi connectivity index (χ1) is 6.04. The normalized spacial score (nSPS) is 15.2. The third kappa shape index (κ3) is 3.74. The van der Waals surface area contributed by atoms with E-state index in [-0.39, 0.29) is 11.9 Å². The molecule has 0 radical (unpaired) electrons. The first kappa shape index (κ1) is 12.4. The number of ether oxygens (including phenoxy) is 1. The Kier molecular flexibility index (Phi) is 5.66. The van der Waals surface area contributed by atoms with E-state index in [2.05, 4.69) is 0 Å². The second-order valence-corrected chi connectivity index (χ2v) is 3.22. The van der Waals surface area contributed by atoms with Crippen molar-refractivity contribution in [2.24, 2.45) is 5.73 Å². The summed E-state index contributed by atoms with van der Waals surface area (Å²) in [5.74, 6) is -0.0212. The maximum absolute atomic E-state index is 11.5.